The average Bonchev–Trinajstić information content (AvgIpc) is 2.76. The van der Waals surface area contributed by atoms with Gasteiger partial charge in [-0.1, -0.05) is 12.1 Å². The van der Waals surface area contributed by atoms with E-state index < -0.39 is 0 Å². The molecule has 168 valence electrons. The number of rotatable bonds is 7. The number of guanidine groups is 1. The molecule has 6 nitrogen and oxygen atoms in total. The molecule has 2 heterocycles. The van der Waals surface area contributed by atoms with E-state index >= 15 is 0 Å². The number of benzene rings is 1. The van der Waals surface area contributed by atoms with Gasteiger partial charge in [-0.15, -0.1) is 24.0 Å². The van der Waals surface area contributed by atoms with E-state index in [0.717, 1.165) is 68.8 Å². The number of hydrogen-bond donors (Lipinski definition) is 1. The van der Waals surface area contributed by atoms with Crippen LogP contribution in [-0.4, -0.2) is 56.7 Å². The van der Waals surface area contributed by atoms with Crippen LogP contribution in [-0.2, 0) is 16.1 Å². The molecule has 0 atom stereocenters. The van der Waals surface area contributed by atoms with Crippen LogP contribution in [0.25, 0.3) is 0 Å². The van der Waals surface area contributed by atoms with E-state index in [1.807, 2.05) is 4.90 Å². The Labute approximate surface area is 198 Å². The Hall–Kier alpha value is -1.35. The summed E-state index contributed by atoms with van der Waals surface area (Å²) in [5.74, 6) is 1.96. The molecule has 0 bridgehead atoms. The number of carbonyl (C=O) groups is 1. The number of halogens is 1. The number of aliphatic imine (C=N–C) groups is 1. The minimum absolute atomic E-state index is 0. The smallest absolute Gasteiger partial charge is 0.226 e. The Balaban J connectivity index is 0.00000320. The van der Waals surface area contributed by atoms with Crippen molar-refractivity contribution in [1.82, 2.24) is 10.2 Å². The van der Waals surface area contributed by atoms with Crippen LogP contribution in [0.5, 0.6) is 0 Å². The number of nitrogens with one attached hydrogen (secondary N) is 1. The first kappa shape index (κ1) is 24.9. The molecule has 2 fully saturated rings. The molecular weight excluding hydrogens is 491 g/mol. The largest absolute Gasteiger partial charge is 0.381 e. The van der Waals surface area contributed by atoms with Gasteiger partial charge < -0.3 is 19.9 Å². The number of amides is 1. The maximum absolute atomic E-state index is 12.1. The molecule has 0 aliphatic carbocycles. The lowest BCUT2D eigenvalue weighted by Gasteiger charge is -2.27. The average molecular weight is 528 g/mol. The van der Waals surface area contributed by atoms with Crippen LogP contribution in [0.15, 0.2) is 29.3 Å². The maximum atomic E-state index is 12.1. The fourth-order valence-electron chi connectivity index (χ4n) is 4.01. The predicted molar refractivity (Wildman–Crippen MR) is 134 cm³/mol. The highest BCUT2D eigenvalue weighted by molar-refractivity contribution is 14.0. The van der Waals surface area contributed by atoms with E-state index in [9.17, 15) is 4.79 Å². The van der Waals surface area contributed by atoms with Crippen molar-refractivity contribution in [3.8, 4) is 0 Å². The van der Waals surface area contributed by atoms with Crippen molar-refractivity contribution in [2.24, 2.45) is 10.9 Å². The molecule has 1 aromatic rings. The van der Waals surface area contributed by atoms with E-state index in [0.29, 0.717) is 13.0 Å². The fourth-order valence-corrected chi connectivity index (χ4v) is 4.01. The van der Waals surface area contributed by atoms with Gasteiger partial charge in [0.15, 0.2) is 5.96 Å². The lowest BCUT2D eigenvalue weighted by Crippen LogP contribution is -2.40. The number of piperidine rings is 1. The molecule has 3 rings (SSSR count). The maximum Gasteiger partial charge on any atom is 0.226 e. The van der Waals surface area contributed by atoms with Gasteiger partial charge in [-0.3, -0.25) is 4.79 Å². The summed E-state index contributed by atoms with van der Waals surface area (Å²) in [5, 5.41) is 3.41. The number of ether oxygens (including phenoxy) is 1. The standard InChI is InChI=1S/C23H36N4O2.HI/c1-3-24-23(26(2)15-11-19-12-16-29-17-13-19)25-18-20-7-9-21(10-8-20)27-14-5-4-6-22(27)28;/h7-10,19H,3-6,11-18H2,1-2H3,(H,24,25);1H. The molecule has 30 heavy (non-hydrogen) atoms. The fraction of sp³-hybridized carbons (Fsp3) is 0.652. The second-order valence-corrected chi connectivity index (χ2v) is 8.11. The van der Waals surface area contributed by atoms with Crippen molar-refractivity contribution in [3.63, 3.8) is 0 Å². The lowest BCUT2D eigenvalue weighted by atomic mass is 9.96. The molecule has 2 aliphatic rings. The number of anilines is 1. The Kier molecular flexibility index (Phi) is 10.9. The zero-order chi connectivity index (χ0) is 20.5. The summed E-state index contributed by atoms with van der Waals surface area (Å²) < 4.78 is 5.46. The van der Waals surface area contributed by atoms with E-state index in [-0.39, 0.29) is 29.9 Å². The summed E-state index contributed by atoms with van der Waals surface area (Å²) in [6, 6.07) is 8.28. The lowest BCUT2D eigenvalue weighted by molar-refractivity contribution is -0.119. The van der Waals surface area contributed by atoms with Gasteiger partial charge in [0, 0.05) is 52.0 Å². The van der Waals surface area contributed by atoms with Gasteiger partial charge in [-0.2, -0.15) is 0 Å². The molecule has 1 amide bonds. The van der Waals surface area contributed by atoms with Crippen LogP contribution in [0.3, 0.4) is 0 Å². The Bertz CT molecular complexity index is 674. The molecular formula is C23H37IN4O2. The highest BCUT2D eigenvalue weighted by atomic mass is 127. The zero-order valence-electron chi connectivity index (χ0n) is 18.4. The molecule has 0 aromatic heterocycles. The van der Waals surface area contributed by atoms with Crippen molar-refractivity contribution >= 4 is 41.5 Å². The van der Waals surface area contributed by atoms with Gasteiger partial charge in [0.2, 0.25) is 5.91 Å². The molecule has 7 heteroatoms. The first-order valence-corrected chi connectivity index (χ1v) is 11.1. The van der Waals surface area contributed by atoms with Crippen LogP contribution >= 0.6 is 24.0 Å². The minimum atomic E-state index is 0. The summed E-state index contributed by atoms with van der Waals surface area (Å²) in [4.78, 5) is 21.1. The molecule has 1 N–H and O–H groups in total. The summed E-state index contributed by atoms with van der Waals surface area (Å²) in [7, 11) is 2.12. The van der Waals surface area contributed by atoms with Crippen LogP contribution < -0.4 is 10.2 Å². The number of hydrogen-bond acceptors (Lipinski definition) is 3. The normalized spacial score (nSPS) is 18.1. The highest BCUT2D eigenvalue weighted by Crippen LogP contribution is 2.22. The third-order valence-electron chi connectivity index (χ3n) is 5.89. The molecule has 0 radical (unpaired) electrons. The summed E-state index contributed by atoms with van der Waals surface area (Å²) in [6.07, 6.45) is 6.29. The van der Waals surface area contributed by atoms with Crippen molar-refractivity contribution < 1.29 is 9.53 Å². The van der Waals surface area contributed by atoms with Gasteiger partial charge in [0.25, 0.3) is 0 Å². The molecule has 0 unspecified atom stereocenters. The number of carbonyl (C=O) groups excluding carboxylic acids is 1. The number of nitrogens with zero attached hydrogens (tertiary/aromatic N) is 3. The Morgan fingerprint density at radius 3 is 2.63 bits per heavy atom. The third-order valence-corrected chi connectivity index (χ3v) is 5.89. The zero-order valence-corrected chi connectivity index (χ0v) is 20.8. The van der Waals surface area contributed by atoms with E-state index in [1.165, 1.54) is 19.3 Å². The van der Waals surface area contributed by atoms with Gasteiger partial charge in [-0.25, -0.2) is 4.99 Å². The van der Waals surface area contributed by atoms with Crippen molar-refractivity contribution in [1.29, 1.82) is 0 Å². The van der Waals surface area contributed by atoms with Gasteiger partial charge in [-0.05, 0) is 62.6 Å². The topological polar surface area (TPSA) is 57.2 Å². The van der Waals surface area contributed by atoms with Crippen LogP contribution in [0.2, 0.25) is 0 Å². The van der Waals surface area contributed by atoms with Gasteiger partial charge in [0.05, 0.1) is 6.54 Å². The molecule has 0 saturated carbocycles. The van der Waals surface area contributed by atoms with Gasteiger partial charge in [0.1, 0.15) is 0 Å². The Morgan fingerprint density at radius 1 is 1.23 bits per heavy atom. The van der Waals surface area contributed by atoms with Crippen LogP contribution in [0, 0.1) is 5.92 Å². The van der Waals surface area contributed by atoms with E-state index in [1.54, 1.807) is 0 Å². The van der Waals surface area contributed by atoms with Crippen LogP contribution in [0.1, 0.15) is 51.0 Å². The highest BCUT2D eigenvalue weighted by Gasteiger charge is 2.19. The third kappa shape index (κ3) is 7.41. The SMILES string of the molecule is CCNC(=NCc1ccc(N2CCCCC2=O)cc1)N(C)CCC1CCOCC1.I. The van der Waals surface area contributed by atoms with Gasteiger partial charge >= 0.3 is 0 Å². The van der Waals surface area contributed by atoms with Crippen molar-refractivity contribution in [2.45, 2.75) is 52.0 Å². The first-order chi connectivity index (χ1) is 14.2. The summed E-state index contributed by atoms with van der Waals surface area (Å²) in [5.41, 5.74) is 2.16. The van der Waals surface area contributed by atoms with E-state index in [4.69, 9.17) is 9.73 Å². The molecule has 2 saturated heterocycles. The molecule has 0 spiro atoms. The predicted octanol–water partition coefficient (Wildman–Crippen LogP) is 4.04. The minimum Gasteiger partial charge on any atom is -0.381 e. The monoisotopic (exact) mass is 528 g/mol. The Morgan fingerprint density at radius 2 is 1.97 bits per heavy atom. The van der Waals surface area contributed by atoms with E-state index in [2.05, 4.69) is 48.5 Å². The summed E-state index contributed by atoms with van der Waals surface area (Å²) in [6.45, 7) is 7.25. The van der Waals surface area contributed by atoms with Crippen LogP contribution in [0.4, 0.5) is 5.69 Å². The first-order valence-electron chi connectivity index (χ1n) is 11.1. The van der Waals surface area contributed by atoms with Crippen molar-refractivity contribution in [3.05, 3.63) is 29.8 Å². The molecule has 1 aromatic carbocycles. The molecule has 2 aliphatic heterocycles. The summed E-state index contributed by atoms with van der Waals surface area (Å²) >= 11 is 0. The van der Waals surface area contributed by atoms with Crippen molar-refractivity contribution in [2.75, 3.05) is 44.8 Å². The second-order valence-electron chi connectivity index (χ2n) is 8.11. The second kappa shape index (κ2) is 13.1. The quantitative estimate of drug-likeness (QED) is 0.330.